The van der Waals surface area contributed by atoms with Crippen LogP contribution in [0.15, 0.2) is 60.7 Å². The zero-order valence-electron chi connectivity index (χ0n) is 16.7. The molecule has 0 radical (unpaired) electrons. The molecule has 0 saturated carbocycles. The molecule has 156 valence electrons. The minimum atomic E-state index is -1.27. The van der Waals surface area contributed by atoms with Crippen LogP contribution < -0.4 is 20.1 Å². The molecule has 2 heterocycles. The Hall–Kier alpha value is -4.07. The average molecular weight is 417 g/mol. The molecule has 0 unspecified atom stereocenters. The number of nitrogens with one attached hydrogen (secondary N) is 2. The van der Waals surface area contributed by atoms with Crippen molar-refractivity contribution in [1.82, 2.24) is 10.2 Å². The van der Waals surface area contributed by atoms with Crippen LogP contribution >= 0.6 is 0 Å². The summed E-state index contributed by atoms with van der Waals surface area (Å²) in [6.45, 7) is 1.38. The van der Waals surface area contributed by atoms with E-state index < -0.39 is 29.9 Å². The van der Waals surface area contributed by atoms with Gasteiger partial charge in [-0.2, -0.15) is 0 Å². The number of carbonyl (C=O) groups excluding carboxylic acids is 3. The van der Waals surface area contributed by atoms with E-state index in [2.05, 4.69) is 10.6 Å². The highest BCUT2D eigenvalue weighted by molar-refractivity contribution is 6.11. The lowest BCUT2D eigenvalue weighted by Gasteiger charge is -2.24. The zero-order chi connectivity index (χ0) is 21.6. The number of ether oxygens (including phenoxy) is 2. The summed E-state index contributed by atoms with van der Waals surface area (Å²) in [7, 11) is 0. The summed E-state index contributed by atoms with van der Waals surface area (Å²) in [6.07, 6.45) is 0. The molecule has 2 aliphatic rings. The van der Waals surface area contributed by atoms with Crippen LogP contribution in [0.1, 0.15) is 12.5 Å². The van der Waals surface area contributed by atoms with Crippen molar-refractivity contribution in [3.05, 3.63) is 66.2 Å². The van der Waals surface area contributed by atoms with Gasteiger partial charge in [-0.3, -0.25) is 14.5 Å². The van der Waals surface area contributed by atoms with Crippen molar-refractivity contribution < 1.29 is 23.9 Å². The molecule has 1 saturated heterocycles. The Morgan fingerprint density at radius 3 is 2.71 bits per heavy atom. The van der Waals surface area contributed by atoms with E-state index in [1.807, 2.05) is 42.5 Å². The van der Waals surface area contributed by atoms with E-state index in [4.69, 9.17) is 9.47 Å². The Labute approximate surface area is 177 Å². The van der Waals surface area contributed by atoms with E-state index in [0.29, 0.717) is 22.7 Å². The third-order valence-electron chi connectivity index (χ3n) is 5.56. The first-order chi connectivity index (χ1) is 15.0. The maximum atomic E-state index is 13.2. The highest BCUT2D eigenvalue weighted by Crippen LogP contribution is 2.35. The minimum absolute atomic E-state index is 0.127. The summed E-state index contributed by atoms with van der Waals surface area (Å²) in [5.41, 5.74) is -0.0995. The van der Waals surface area contributed by atoms with Crippen LogP contribution in [0.25, 0.3) is 10.8 Å². The van der Waals surface area contributed by atoms with E-state index in [1.165, 1.54) is 0 Å². The van der Waals surface area contributed by atoms with Gasteiger partial charge in [-0.25, -0.2) is 4.79 Å². The predicted molar refractivity (Wildman–Crippen MR) is 113 cm³/mol. The van der Waals surface area contributed by atoms with E-state index in [-0.39, 0.29) is 6.79 Å². The Balaban J connectivity index is 1.37. The second kappa shape index (κ2) is 7.02. The number of fused-ring (bicyclic) bond motifs is 2. The molecule has 0 aromatic heterocycles. The van der Waals surface area contributed by atoms with Crippen LogP contribution in [0, 0.1) is 0 Å². The number of hydrogen-bond acceptors (Lipinski definition) is 5. The largest absolute Gasteiger partial charge is 0.454 e. The van der Waals surface area contributed by atoms with Crippen molar-refractivity contribution in [3.63, 3.8) is 0 Å². The van der Waals surface area contributed by atoms with Crippen LogP contribution in [0.4, 0.5) is 10.5 Å². The molecule has 8 heteroatoms. The molecule has 3 aromatic carbocycles. The first kappa shape index (κ1) is 18.9. The van der Waals surface area contributed by atoms with Gasteiger partial charge in [0, 0.05) is 11.8 Å². The maximum Gasteiger partial charge on any atom is 0.325 e. The normalized spacial score (nSPS) is 19.6. The van der Waals surface area contributed by atoms with Crippen LogP contribution in [-0.2, 0) is 15.1 Å². The summed E-state index contributed by atoms with van der Waals surface area (Å²) >= 11 is 0. The maximum absolute atomic E-state index is 13.2. The van der Waals surface area contributed by atoms with Gasteiger partial charge in [0.1, 0.15) is 12.1 Å². The molecule has 1 atom stereocenters. The summed E-state index contributed by atoms with van der Waals surface area (Å²) in [5.74, 6) is 0.147. The summed E-state index contributed by atoms with van der Waals surface area (Å²) in [4.78, 5) is 39.4. The summed E-state index contributed by atoms with van der Waals surface area (Å²) in [6, 6.07) is 17.6. The molecule has 8 nitrogen and oxygen atoms in total. The number of rotatable bonds is 4. The number of amides is 4. The van der Waals surface area contributed by atoms with Crippen LogP contribution in [0.2, 0.25) is 0 Å². The van der Waals surface area contributed by atoms with Crippen LogP contribution in [0.5, 0.6) is 11.5 Å². The number of urea groups is 1. The molecule has 5 rings (SSSR count). The minimum Gasteiger partial charge on any atom is -0.454 e. The molecule has 0 spiro atoms. The highest BCUT2D eigenvalue weighted by Gasteiger charge is 2.50. The number of nitrogens with zero attached hydrogens (tertiary/aromatic N) is 1. The van der Waals surface area contributed by atoms with Crippen LogP contribution in [0.3, 0.4) is 0 Å². The zero-order valence-corrected chi connectivity index (χ0v) is 16.7. The summed E-state index contributed by atoms with van der Waals surface area (Å²) in [5, 5.41) is 7.28. The van der Waals surface area contributed by atoms with E-state index in [9.17, 15) is 14.4 Å². The topological polar surface area (TPSA) is 97.0 Å². The predicted octanol–water partition coefficient (Wildman–Crippen LogP) is 2.97. The van der Waals surface area contributed by atoms with Gasteiger partial charge < -0.3 is 20.1 Å². The Kier molecular flexibility index (Phi) is 4.28. The first-order valence-electron chi connectivity index (χ1n) is 9.77. The van der Waals surface area contributed by atoms with E-state index in [1.54, 1.807) is 25.1 Å². The standard InChI is InChI=1S/C23H19N3O5/c1-23(17-8-4-6-14-5-2-3-7-16(14)17)21(28)26(22(29)25-23)12-20(27)24-15-9-10-18-19(11-15)31-13-30-18/h2-11H,12-13H2,1H3,(H,24,27)(H,25,29)/t23-/m0/s1. The average Bonchev–Trinajstić information content (AvgIpc) is 3.31. The van der Waals surface area contributed by atoms with Gasteiger partial charge in [0.05, 0.1) is 0 Å². The van der Waals surface area contributed by atoms with E-state index >= 15 is 0 Å². The number of carbonyl (C=O) groups is 3. The van der Waals surface area contributed by atoms with Crippen LogP contribution in [-0.4, -0.2) is 36.1 Å². The molecule has 31 heavy (non-hydrogen) atoms. The quantitative estimate of drug-likeness (QED) is 0.636. The molecular formula is C23H19N3O5. The number of anilines is 1. The fourth-order valence-corrected chi connectivity index (χ4v) is 4.00. The monoisotopic (exact) mass is 417 g/mol. The third kappa shape index (κ3) is 3.13. The van der Waals surface area contributed by atoms with Gasteiger partial charge in [0.2, 0.25) is 12.7 Å². The third-order valence-corrected chi connectivity index (χ3v) is 5.56. The molecule has 4 amide bonds. The highest BCUT2D eigenvalue weighted by atomic mass is 16.7. The van der Waals surface area contributed by atoms with Crippen molar-refractivity contribution in [3.8, 4) is 11.5 Å². The second-order valence-corrected chi connectivity index (χ2v) is 7.59. The van der Waals surface area contributed by atoms with Crippen molar-refractivity contribution in [1.29, 1.82) is 0 Å². The second-order valence-electron chi connectivity index (χ2n) is 7.59. The molecule has 2 N–H and O–H groups in total. The number of imide groups is 1. The van der Waals surface area contributed by atoms with Crippen molar-refractivity contribution in [2.45, 2.75) is 12.5 Å². The van der Waals surface area contributed by atoms with Crippen molar-refractivity contribution in [2.75, 3.05) is 18.7 Å². The Bertz CT molecular complexity index is 1240. The lowest BCUT2D eigenvalue weighted by molar-refractivity contribution is -0.133. The van der Waals surface area contributed by atoms with Gasteiger partial charge in [-0.15, -0.1) is 0 Å². The SMILES string of the molecule is C[C@@]1(c2cccc3ccccc23)NC(=O)N(CC(=O)Nc2ccc3c(c2)OCO3)C1=O. The fourth-order valence-electron chi connectivity index (χ4n) is 4.00. The first-order valence-corrected chi connectivity index (χ1v) is 9.77. The fraction of sp³-hybridized carbons (Fsp3) is 0.174. The van der Waals surface area contributed by atoms with E-state index in [0.717, 1.165) is 15.7 Å². The van der Waals surface area contributed by atoms with Gasteiger partial charge in [0.25, 0.3) is 5.91 Å². The molecule has 1 fully saturated rings. The smallest absolute Gasteiger partial charge is 0.325 e. The lowest BCUT2D eigenvalue weighted by Crippen LogP contribution is -2.42. The molecule has 0 aliphatic carbocycles. The Morgan fingerprint density at radius 2 is 1.84 bits per heavy atom. The number of hydrogen-bond donors (Lipinski definition) is 2. The van der Waals surface area contributed by atoms with Gasteiger partial charge in [-0.05, 0) is 35.4 Å². The number of benzene rings is 3. The Morgan fingerprint density at radius 1 is 1.06 bits per heavy atom. The van der Waals surface area contributed by atoms with Crippen molar-refractivity contribution >= 4 is 34.3 Å². The van der Waals surface area contributed by atoms with Gasteiger partial charge in [-0.1, -0.05) is 42.5 Å². The summed E-state index contributed by atoms with van der Waals surface area (Å²) < 4.78 is 10.5. The molecular weight excluding hydrogens is 398 g/mol. The molecule has 0 bridgehead atoms. The van der Waals surface area contributed by atoms with Gasteiger partial charge in [0.15, 0.2) is 11.5 Å². The molecule has 2 aliphatic heterocycles. The van der Waals surface area contributed by atoms with Crippen molar-refractivity contribution in [2.24, 2.45) is 0 Å². The molecule has 3 aromatic rings. The lowest BCUT2D eigenvalue weighted by atomic mass is 9.88. The van der Waals surface area contributed by atoms with Gasteiger partial charge >= 0.3 is 6.03 Å².